The van der Waals surface area contributed by atoms with Gasteiger partial charge in [-0.05, 0) is 18.2 Å². The van der Waals surface area contributed by atoms with E-state index in [1.54, 1.807) is 24.3 Å². The summed E-state index contributed by atoms with van der Waals surface area (Å²) in [4.78, 5) is 0.878. The standard InChI is InChI=1S/C13H10F2N2OS/c14-8-5-6-12(10(15)7-8)19-11-4-2-1-3-9(11)13(16)17-18/h1-7,18H,(H2,16,17). The molecule has 0 unspecified atom stereocenters. The maximum atomic E-state index is 13.6. The molecule has 2 aromatic rings. The van der Waals surface area contributed by atoms with E-state index < -0.39 is 11.6 Å². The fourth-order valence-corrected chi connectivity index (χ4v) is 2.46. The molecule has 3 nitrogen and oxygen atoms in total. The molecule has 6 heteroatoms. The van der Waals surface area contributed by atoms with Crippen molar-refractivity contribution in [3.63, 3.8) is 0 Å². The van der Waals surface area contributed by atoms with Crippen LogP contribution in [0.3, 0.4) is 0 Å². The highest BCUT2D eigenvalue weighted by molar-refractivity contribution is 7.99. The molecule has 0 spiro atoms. The molecular weight excluding hydrogens is 270 g/mol. The predicted molar refractivity (Wildman–Crippen MR) is 69.4 cm³/mol. The van der Waals surface area contributed by atoms with Crippen molar-refractivity contribution >= 4 is 17.6 Å². The summed E-state index contributed by atoms with van der Waals surface area (Å²) in [7, 11) is 0. The summed E-state index contributed by atoms with van der Waals surface area (Å²) in [5.74, 6) is -1.35. The first-order valence-corrected chi connectivity index (χ1v) is 6.13. The van der Waals surface area contributed by atoms with E-state index in [0.29, 0.717) is 10.5 Å². The Morgan fingerprint density at radius 3 is 2.53 bits per heavy atom. The van der Waals surface area contributed by atoms with E-state index in [9.17, 15) is 8.78 Å². The Kier molecular flexibility index (Phi) is 4.01. The van der Waals surface area contributed by atoms with E-state index in [4.69, 9.17) is 10.9 Å². The first-order chi connectivity index (χ1) is 9.11. The van der Waals surface area contributed by atoms with Crippen molar-refractivity contribution in [2.45, 2.75) is 9.79 Å². The normalized spacial score (nSPS) is 11.6. The molecule has 0 heterocycles. The van der Waals surface area contributed by atoms with Crippen molar-refractivity contribution in [3.05, 3.63) is 59.7 Å². The highest BCUT2D eigenvalue weighted by Crippen LogP contribution is 2.32. The Balaban J connectivity index is 2.38. The zero-order valence-corrected chi connectivity index (χ0v) is 10.5. The van der Waals surface area contributed by atoms with Gasteiger partial charge in [0, 0.05) is 21.4 Å². The van der Waals surface area contributed by atoms with Gasteiger partial charge in [-0.25, -0.2) is 8.78 Å². The van der Waals surface area contributed by atoms with E-state index >= 15 is 0 Å². The monoisotopic (exact) mass is 280 g/mol. The van der Waals surface area contributed by atoms with Gasteiger partial charge in [0.15, 0.2) is 5.84 Å². The second kappa shape index (κ2) is 5.71. The van der Waals surface area contributed by atoms with Crippen molar-refractivity contribution in [1.29, 1.82) is 0 Å². The predicted octanol–water partition coefficient (Wildman–Crippen LogP) is 3.21. The summed E-state index contributed by atoms with van der Waals surface area (Å²) in [5.41, 5.74) is 6.03. The van der Waals surface area contributed by atoms with Gasteiger partial charge in [-0.1, -0.05) is 35.1 Å². The fraction of sp³-hybridized carbons (Fsp3) is 0. The number of amidine groups is 1. The lowest BCUT2D eigenvalue weighted by Gasteiger charge is -2.08. The Morgan fingerprint density at radius 1 is 1.11 bits per heavy atom. The van der Waals surface area contributed by atoms with Crippen LogP contribution in [0.4, 0.5) is 8.78 Å². The van der Waals surface area contributed by atoms with E-state index in [2.05, 4.69) is 5.16 Å². The molecule has 0 fully saturated rings. The van der Waals surface area contributed by atoms with E-state index in [-0.39, 0.29) is 10.7 Å². The maximum absolute atomic E-state index is 13.6. The number of halogens is 2. The molecule has 0 atom stereocenters. The summed E-state index contributed by atoms with van der Waals surface area (Å²) in [6, 6.07) is 10.2. The summed E-state index contributed by atoms with van der Waals surface area (Å²) in [6.45, 7) is 0. The van der Waals surface area contributed by atoms with Crippen LogP contribution in [0, 0.1) is 11.6 Å². The molecule has 3 N–H and O–H groups in total. The quantitative estimate of drug-likeness (QED) is 0.393. The minimum atomic E-state index is -0.653. The molecule has 0 bridgehead atoms. The molecule has 19 heavy (non-hydrogen) atoms. The molecule has 0 aromatic heterocycles. The average molecular weight is 280 g/mol. The maximum Gasteiger partial charge on any atom is 0.171 e. The third-order valence-electron chi connectivity index (χ3n) is 2.38. The summed E-state index contributed by atoms with van der Waals surface area (Å²) >= 11 is 1.08. The molecule has 0 aliphatic carbocycles. The molecule has 2 aromatic carbocycles. The van der Waals surface area contributed by atoms with Crippen molar-refractivity contribution in [2.24, 2.45) is 10.9 Å². The minimum Gasteiger partial charge on any atom is -0.409 e. The van der Waals surface area contributed by atoms with Gasteiger partial charge in [0.05, 0.1) is 0 Å². The summed E-state index contributed by atoms with van der Waals surface area (Å²) in [5, 5.41) is 11.6. The van der Waals surface area contributed by atoms with Crippen LogP contribution in [-0.4, -0.2) is 11.0 Å². The zero-order valence-electron chi connectivity index (χ0n) is 9.68. The van der Waals surface area contributed by atoms with Gasteiger partial charge in [-0.3, -0.25) is 0 Å². The van der Waals surface area contributed by atoms with Crippen LogP contribution in [0.25, 0.3) is 0 Å². The van der Waals surface area contributed by atoms with E-state index in [0.717, 1.165) is 17.8 Å². The van der Waals surface area contributed by atoms with Crippen LogP contribution < -0.4 is 5.73 Å². The topological polar surface area (TPSA) is 58.6 Å². The van der Waals surface area contributed by atoms with Gasteiger partial charge in [0.1, 0.15) is 11.6 Å². The lowest BCUT2D eigenvalue weighted by molar-refractivity contribution is 0.318. The summed E-state index contributed by atoms with van der Waals surface area (Å²) in [6.07, 6.45) is 0. The van der Waals surface area contributed by atoms with Gasteiger partial charge in [0.25, 0.3) is 0 Å². The second-order valence-corrected chi connectivity index (χ2v) is 4.74. The first kappa shape index (κ1) is 13.4. The third kappa shape index (κ3) is 3.03. The first-order valence-electron chi connectivity index (χ1n) is 5.31. The molecule has 98 valence electrons. The SMILES string of the molecule is N/C(=N\O)c1ccccc1Sc1ccc(F)cc1F. The largest absolute Gasteiger partial charge is 0.409 e. The molecule has 2 rings (SSSR count). The van der Waals surface area contributed by atoms with Crippen LogP contribution in [0.1, 0.15) is 5.56 Å². The molecule has 0 aliphatic heterocycles. The van der Waals surface area contributed by atoms with Crippen LogP contribution in [0.2, 0.25) is 0 Å². The molecule has 0 saturated heterocycles. The Bertz CT molecular complexity index is 632. The smallest absolute Gasteiger partial charge is 0.171 e. The lowest BCUT2D eigenvalue weighted by Crippen LogP contribution is -2.14. The van der Waals surface area contributed by atoms with Crippen molar-refractivity contribution < 1.29 is 14.0 Å². The van der Waals surface area contributed by atoms with Gasteiger partial charge in [0.2, 0.25) is 0 Å². The number of nitrogens with two attached hydrogens (primary N) is 1. The number of nitrogens with zero attached hydrogens (tertiary/aromatic N) is 1. The highest BCUT2D eigenvalue weighted by Gasteiger charge is 2.11. The number of hydrogen-bond acceptors (Lipinski definition) is 3. The Labute approximate surface area is 112 Å². The van der Waals surface area contributed by atoms with Crippen LogP contribution in [-0.2, 0) is 0 Å². The van der Waals surface area contributed by atoms with E-state index in [1.807, 2.05) is 0 Å². The van der Waals surface area contributed by atoms with Gasteiger partial charge in [-0.15, -0.1) is 0 Å². The summed E-state index contributed by atoms with van der Waals surface area (Å²) < 4.78 is 26.4. The average Bonchev–Trinajstić information content (AvgIpc) is 2.41. The zero-order chi connectivity index (χ0) is 13.8. The molecule has 0 amide bonds. The molecule has 0 saturated carbocycles. The van der Waals surface area contributed by atoms with Gasteiger partial charge < -0.3 is 10.9 Å². The minimum absolute atomic E-state index is 0.0642. The second-order valence-electron chi connectivity index (χ2n) is 3.66. The number of oxime groups is 1. The lowest BCUT2D eigenvalue weighted by atomic mass is 10.2. The Morgan fingerprint density at radius 2 is 1.84 bits per heavy atom. The number of benzene rings is 2. The fourth-order valence-electron chi connectivity index (χ4n) is 1.50. The number of hydrogen-bond donors (Lipinski definition) is 2. The van der Waals surface area contributed by atoms with Crippen molar-refractivity contribution in [2.75, 3.05) is 0 Å². The molecule has 0 aliphatic rings. The Hall–Kier alpha value is -2.08. The number of rotatable bonds is 3. The van der Waals surface area contributed by atoms with Crippen LogP contribution in [0.5, 0.6) is 0 Å². The van der Waals surface area contributed by atoms with Crippen LogP contribution >= 0.6 is 11.8 Å². The van der Waals surface area contributed by atoms with Crippen molar-refractivity contribution in [3.8, 4) is 0 Å². The van der Waals surface area contributed by atoms with Crippen molar-refractivity contribution in [1.82, 2.24) is 0 Å². The third-order valence-corrected chi connectivity index (χ3v) is 3.51. The van der Waals surface area contributed by atoms with E-state index in [1.165, 1.54) is 12.1 Å². The van der Waals surface area contributed by atoms with Gasteiger partial charge in [-0.2, -0.15) is 0 Å². The highest BCUT2D eigenvalue weighted by atomic mass is 32.2. The molecular formula is C13H10F2N2OS. The van der Waals surface area contributed by atoms with Crippen LogP contribution in [0.15, 0.2) is 57.4 Å². The molecule has 0 radical (unpaired) electrons. The van der Waals surface area contributed by atoms with Gasteiger partial charge >= 0.3 is 0 Å².